The van der Waals surface area contributed by atoms with Gasteiger partial charge in [0.2, 0.25) is 0 Å². The molecule has 3 N–H and O–H groups in total. The lowest BCUT2D eigenvalue weighted by molar-refractivity contribution is 0.866. The van der Waals surface area contributed by atoms with Crippen LogP contribution in [0.4, 0.5) is 11.5 Å². The molecule has 1 unspecified atom stereocenters. The van der Waals surface area contributed by atoms with Crippen LogP contribution in [0.1, 0.15) is 24.1 Å². The van der Waals surface area contributed by atoms with Crippen LogP contribution in [0.15, 0.2) is 53.5 Å². The number of pyridine rings is 1. The minimum absolute atomic E-state index is 0.00833. The molecule has 2 aromatic heterocycles. The lowest BCUT2D eigenvalue weighted by atomic mass is 10.1. The van der Waals surface area contributed by atoms with E-state index in [-0.39, 0.29) is 17.4 Å². The number of aromatic nitrogens is 2. The SMILES string of the molecule is Cc1cc(C(C)Nc2ccccc2)c2nc(N)cc(=O)n2c1. The maximum Gasteiger partial charge on any atom is 0.259 e. The van der Waals surface area contributed by atoms with Gasteiger partial charge in [-0.05, 0) is 37.6 Å². The molecule has 0 aliphatic rings. The number of nitrogens with one attached hydrogen (secondary N) is 1. The van der Waals surface area contributed by atoms with Crippen LogP contribution in [-0.4, -0.2) is 9.38 Å². The number of hydrogen-bond donors (Lipinski definition) is 2. The Bertz CT molecular complexity index is 871. The molecule has 3 aromatic rings. The van der Waals surface area contributed by atoms with E-state index >= 15 is 0 Å². The molecule has 0 bridgehead atoms. The van der Waals surface area contributed by atoms with Crippen molar-refractivity contribution in [2.45, 2.75) is 19.9 Å². The van der Waals surface area contributed by atoms with Crippen LogP contribution in [0.2, 0.25) is 0 Å². The van der Waals surface area contributed by atoms with E-state index in [0.717, 1.165) is 16.8 Å². The van der Waals surface area contributed by atoms with Crippen molar-refractivity contribution in [2.75, 3.05) is 11.1 Å². The van der Waals surface area contributed by atoms with Gasteiger partial charge in [0.25, 0.3) is 5.56 Å². The Hall–Kier alpha value is -2.82. The summed E-state index contributed by atoms with van der Waals surface area (Å²) < 4.78 is 1.55. The Kier molecular flexibility index (Phi) is 3.55. The summed E-state index contributed by atoms with van der Waals surface area (Å²) in [5, 5.41) is 3.42. The fourth-order valence-corrected chi connectivity index (χ4v) is 2.57. The van der Waals surface area contributed by atoms with E-state index in [0.29, 0.717) is 5.65 Å². The normalized spacial score (nSPS) is 12.3. The van der Waals surface area contributed by atoms with Gasteiger partial charge in [-0.3, -0.25) is 9.20 Å². The Morgan fingerprint density at radius 1 is 1.23 bits per heavy atom. The number of nitrogens with two attached hydrogens (primary N) is 1. The number of nitrogens with zero attached hydrogens (tertiary/aromatic N) is 2. The zero-order valence-corrected chi connectivity index (χ0v) is 12.6. The van der Waals surface area contributed by atoms with E-state index in [1.165, 1.54) is 6.07 Å². The van der Waals surface area contributed by atoms with Gasteiger partial charge in [-0.15, -0.1) is 0 Å². The summed E-state index contributed by atoms with van der Waals surface area (Å²) in [5.41, 5.74) is 9.11. The van der Waals surface area contributed by atoms with E-state index in [1.807, 2.05) is 50.2 Å². The Morgan fingerprint density at radius 3 is 2.68 bits per heavy atom. The summed E-state index contributed by atoms with van der Waals surface area (Å²) in [7, 11) is 0. The van der Waals surface area contributed by atoms with Gasteiger partial charge in [-0.25, -0.2) is 4.98 Å². The van der Waals surface area contributed by atoms with Crippen LogP contribution < -0.4 is 16.6 Å². The lowest BCUT2D eigenvalue weighted by Crippen LogP contribution is -2.19. The van der Waals surface area contributed by atoms with Crippen LogP contribution in [0.5, 0.6) is 0 Å². The Labute approximate surface area is 128 Å². The second kappa shape index (κ2) is 5.52. The molecule has 5 heteroatoms. The quantitative estimate of drug-likeness (QED) is 0.779. The molecule has 0 saturated carbocycles. The standard InChI is InChI=1S/C17H18N4O/c1-11-8-14(12(2)19-13-6-4-3-5-7-13)17-20-15(18)9-16(22)21(17)10-11/h3-10,12,19H,18H2,1-2H3. The molecular weight excluding hydrogens is 276 g/mol. The molecule has 0 aliphatic heterocycles. The van der Waals surface area contributed by atoms with Gasteiger partial charge in [0.1, 0.15) is 11.5 Å². The number of benzene rings is 1. The van der Waals surface area contributed by atoms with Crippen molar-refractivity contribution in [1.29, 1.82) is 0 Å². The maximum absolute atomic E-state index is 12.1. The summed E-state index contributed by atoms with van der Waals surface area (Å²) in [4.78, 5) is 16.4. The maximum atomic E-state index is 12.1. The monoisotopic (exact) mass is 294 g/mol. The number of aryl methyl sites for hydroxylation is 1. The van der Waals surface area contributed by atoms with Gasteiger partial charge < -0.3 is 11.1 Å². The van der Waals surface area contributed by atoms with Crippen molar-refractivity contribution in [3.8, 4) is 0 Å². The van der Waals surface area contributed by atoms with Crippen LogP contribution in [0.25, 0.3) is 5.65 Å². The van der Waals surface area contributed by atoms with Crippen molar-refractivity contribution in [3.63, 3.8) is 0 Å². The van der Waals surface area contributed by atoms with Crippen molar-refractivity contribution in [3.05, 3.63) is 70.1 Å². The van der Waals surface area contributed by atoms with Crippen molar-refractivity contribution >= 4 is 17.2 Å². The third-order valence-electron chi connectivity index (χ3n) is 3.57. The summed E-state index contributed by atoms with van der Waals surface area (Å²) in [5.74, 6) is 0.238. The highest BCUT2D eigenvalue weighted by Crippen LogP contribution is 2.23. The fraction of sp³-hybridized carbons (Fsp3) is 0.176. The van der Waals surface area contributed by atoms with E-state index in [4.69, 9.17) is 5.73 Å². The molecular formula is C17H18N4O. The number of hydrogen-bond acceptors (Lipinski definition) is 4. The second-order valence-corrected chi connectivity index (χ2v) is 5.42. The topological polar surface area (TPSA) is 72.4 Å². The van der Waals surface area contributed by atoms with Gasteiger partial charge in [0.15, 0.2) is 0 Å². The van der Waals surface area contributed by atoms with Gasteiger partial charge in [-0.2, -0.15) is 0 Å². The molecule has 5 nitrogen and oxygen atoms in total. The predicted molar refractivity (Wildman–Crippen MR) is 89.1 cm³/mol. The van der Waals surface area contributed by atoms with E-state index in [1.54, 1.807) is 10.6 Å². The van der Waals surface area contributed by atoms with Crippen LogP contribution >= 0.6 is 0 Å². The van der Waals surface area contributed by atoms with Crippen LogP contribution in [0, 0.1) is 6.92 Å². The molecule has 0 spiro atoms. The summed E-state index contributed by atoms with van der Waals surface area (Å²) in [6.45, 7) is 4.00. The second-order valence-electron chi connectivity index (χ2n) is 5.42. The molecule has 2 heterocycles. The predicted octanol–water partition coefficient (Wildman–Crippen LogP) is 2.76. The highest BCUT2D eigenvalue weighted by Gasteiger charge is 2.13. The third-order valence-corrected chi connectivity index (χ3v) is 3.57. The highest BCUT2D eigenvalue weighted by atomic mass is 16.1. The Morgan fingerprint density at radius 2 is 1.95 bits per heavy atom. The average molecular weight is 294 g/mol. The van der Waals surface area contributed by atoms with Crippen LogP contribution in [0.3, 0.4) is 0 Å². The van der Waals surface area contributed by atoms with Gasteiger partial charge in [0, 0.05) is 23.5 Å². The van der Waals surface area contributed by atoms with Crippen LogP contribution in [-0.2, 0) is 0 Å². The molecule has 112 valence electrons. The molecule has 3 rings (SSSR count). The summed E-state index contributed by atoms with van der Waals surface area (Å²) in [6, 6.07) is 13.3. The number of rotatable bonds is 3. The number of fused-ring (bicyclic) bond motifs is 1. The fourth-order valence-electron chi connectivity index (χ4n) is 2.57. The van der Waals surface area contributed by atoms with Crippen molar-refractivity contribution in [2.24, 2.45) is 0 Å². The first-order chi connectivity index (χ1) is 10.5. The molecule has 1 aromatic carbocycles. The third kappa shape index (κ3) is 2.65. The van der Waals surface area contributed by atoms with Gasteiger partial charge in [-0.1, -0.05) is 18.2 Å². The molecule has 22 heavy (non-hydrogen) atoms. The largest absolute Gasteiger partial charge is 0.383 e. The summed E-state index contributed by atoms with van der Waals surface area (Å²) >= 11 is 0. The minimum atomic E-state index is -0.167. The number of para-hydroxylation sites is 1. The molecule has 1 atom stereocenters. The lowest BCUT2D eigenvalue weighted by Gasteiger charge is -2.18. The Balaban J connectivity index is 2.11. The molecule has 0 aliphatic carbocycles. The average Bonchev–Trinajstić information content (AvgIpc) is 2.48. The first-order valence-corrected chi connectivity index (χ1v) is 7.15. The van der Waals surface area contributed by atoms with E-state index < -0.39 is 0 Å². The molecule has 0 fully saturated rings. The molecule has 0 radical (unpaired) electrons. The number of anilines is 2. The van der Waals surface area contributed by atoms with E-state index in [9.17, 15) is 4.79 Å². The smallest absolute Gasteiger partial charge is 0.259 e. The molecule has 0 amide bonds. The minimum Gasteiger partial charge on any atom is -0.383 e. The molecule has 0 saturated heterocycles. The van der Waals surface area contributed by atoms with E-state index in [2.05, 4.69) is 10.3 Å². The van der Waals surface area contributed by atoms with Gasteiger partial charge >= 0.3 is 0 Å². The first-order valence-electron chi connectivity index (χ1n) is 7.15. The van der Waals surface area contributed by atoms with Crippen molar-refractivity contribution in [1.82, 2.24) is 9.38 Å². The number of nitrogen functional groups attached to an aromatic ring is 1. The zero-order valence-electron chi connectivity index (χ0n) is 12.6. The first kappa shape index (κ1) is 14.1. The van der Waals surface area contributed by atoms with Crippen molar-refractivity contribution < 1.29 is 0 Å². The zero-order chi connectivity index (χ0) is 15.7. The highest BCUT2D eigenvalue weighted by molar-refractivity contribution is 5.56. The van der Waals surface area contributed by atoms with Gasteiger partial charge in [0.05, 0.1) is 6.04 Å². The summed E-state index contributed by atoms with van der Waals surface area (Å²) in [6.07, 6.45) is 1.78.